The van der Waals surface area contributed by atoms with Crippen molar-refractivity contribution in [2.45, 2.75) is 38.3 Å². The van der Waals surface area contributed by atoms with E-state index < -0.39 is 0 Å². The Morgan fingerprint density at radius 2 is 1.89 bits per heavy atom. The van der Waals surface area contributed by atoms with Crippen molar-refractivity contribution in [1.29, 1.82) is 0 Å². The molecule has 1 aliphatic carbocycles. The van der Waals surface area contributed by atoms with E-state index in [2.05, 4.69) is 4.90 Å². The highest BCUT2D eigenvalue weighted by atomic mass is 16.6. The standard InChI is InChI=1S/C14H25N3O2/c1-2-19-14(18)16-6-5-12(9-16)17-7-10-3-4-11(8-17)13(10)15/h10-13H,2-9,15H2,1H3/t10-,11+,12?,13?. The van der Waals surface area contributed by atoms with Crippen LogP contribution in [0, 0.1) is 11.8 Å². The first-order valence-corrected chi connectivity index (χ1v) is 7.60. The van der Waals surface area contributed by atoms with Gasteiger partial charge in [-0.2, -0.15) is 0 Å². The lowest BCUT2D eigenvalue weighted by Crippen LogP contribution is -2.52. The molecule has 1 saturated carbocycles. The van der Waals surface area contributed by atoms with Gasteiger partial charge in [-0.05, 0) is 38.0 Å². The number of rotatable bonds is 2. The van der Waals surface area contributed by atoms with Crippen molar-refractivity contribution >= 4 is 6.09 Å². The topological polar surface area (TPSA) is 58.8 Å². The van der Waals surface area contributed by atoms with Crippen LogP contribution in [0.25, 0.3) is 0 Å². The Bertz CT molecular complexity index is 336. The average molecular weight is 267 g/mol. The molecule has 2 bridgehead atoms. The molecule has 1 amide bonds. The minimum atomic E-state index is -0.151. The van der Waals surface area contributed by atoms with Gasteiger partial charge in [0, 0.05) is 38.3 Å². The minimum Gasteiger partial charge on any atom is -0.450 e. The maximum Gasteiger partial charge on any atom is 0.409 e. The zero-order valence-electron chi connectivity index (χ0n) is 11.8. The lowest BCUT2D eigenvalue weighted by Gasteiger charge is -2.39. The summed E-state index contributed by atoms with van der Waals surface area (Å²) in [6, 6.07) is 0.929. The van der Waals surface area contributed by atoms with Crippen LogP contribution >= 0.6 is 0 Å². The second kappa shape index (κ2) is 5.29. The summed E-state index contributed by atoms with van der Waals surface area (Å²) in [4.78, 5) is 16.2. The van der Waals surface area contributed by atoms with Crippen molar-refractivity contribution in [3.05, 3.63) is 0 Å². The average Bonchev–Trinajstić information content (AvgIpc) is 2.93. The predicted molar refractivity (Wildman–Crippen MR) is 72.8 cm³/mol. The fourth-order valence-electron chi connectivity index (χ4n) is 4.02. The van der Waals surface area contributed by atoms with E-state index >= 15 is 0 Å². The van der Waals surface area contributed by atoms with Crippen molar-refractivity contribution in [2.24, 2.45) is 17.6 Å². The van der Waals surface area contributed by atoms with Gasteiger partial charge in [0.25, 0.3) is 0 Å². The van der Waals surface area contributed by atoms with Crippen molar-refractivity contribution in [3.8, 4) is 0 Å². The number of fused-ring (bicyclic) bond motifs is 2. The molecule has 2 aliphatic heterocycles. The van der Waals surface area contributed by atoms with E-state index in [0.29, 0.717) is 30.5 Å². The summed E-state index contributed by atoms with van der Waals surface area (Å²) < 4.78 is 5.08. The molecule has 0 aromatic heterocycles. The molecule has 0 radical (unpaired) electrons. The highest BCUT2D eigenvalue weighted by Crippen LogP contribution is 2.37. The minimum absolute atomic E-state index is 0.151. The van der Waals surface area contributed by atoms with Crippen molar-refractivity contribution in [2.75, 3.05) is 32.8 Å². The Morgan fingerprint density at radius 3 is 2.53 bits per heavy atom. The number of nitrogens with zero attached hydrogens (tertiary/aromatic N) is 2. The quantitative estimate of drug-likeness (QED) is 0.807. The first kappa shape index (κ1) is 13.2. The molecule has 108 valence electrons. The van der Waals surface area contributed by atoms with Crippen molar-refractivity contribution in [1.82, 2.24) is 9.80 Å². The molecule has 2 heterocycles. The summed E-state index contributed by atoms with van der Waals surface area (Å²) in [5.74, 6) is 1.35. The second-order valence-electron chi connectivity index (χ2n) is 6.22. The third-order valence-corrected chi connectivity index (χ3v) is 5.14. The molecule has 0 aromatic carbocycles. The van der Waals surface area contributed by atoms with Crippen LogP contribution in [0.2, 0.25) is 0 Å². The molecule has 0 aromatic rings. The molecule has 0 spiro atoms. The molecule has 2 unspecified atom stereocenters. The first-order chi connectivity index (χ1) is 9.19. The molecule has 4 atom stereocenters. The fourth-order valence-corrected chi connectivity index (χ4v) is 4.02. The van der Waals surface area contributed by atoms with E-state index in [4.69, 9.17) is 10.5 Å². The van der Waals surface area contributed by atoms with E-state index in [1.54, 1.807) is 0 Å². The number of nitrogens with two attached hydrogens (primary N) is 1. The maximum atomic E-state index is 11.7. The van der Waals surface area contributed by atoms with Crippen LogP contribution < -0.4 is 5.73 Å². The van der Waals surface area contributed by atoms with Gasteiger partial charge in [-0.25, -0.2) is 4.79 Å². The largest absolute Gasteiger partial charge is 0.450 e. The smallest absolute Gasteiger partial charge is 0.409 e. The van der Waals surface area contributed by atoms with Gasteiger partial charge in [-0.15, -0.1) is 0 Å². The summed E-state index contributed by atoms with van der Waals surface area (Å²) >= 11 is 0. The van der Waals surface area contributed by atoms with Gasteiger partial charge in [0.15, 0.2) is 0 Å². The Kier molecular flexibility index (Phi) is 3.67. The van der Waals surface area contributed by atoms with Gasteiger partial charge in [-0.3, -0.25) is 4.90 Å². The van der Waals surface area contributed by atoms with Crippen LogP contribution in [0.15, 0.2) is 0 Å². The summed E-state index contributed by atoms with van der Waals surface area (Å²) in [6.45, 7) is 6.23. The molecular weight excluding hydrogens is 242 g/mol. The lowest BCUT2D eigenvalue weighted by atomic mass is 9.92. The Morgan fingerprint density at radius 1 is 1.21 bits per heavy atom. The SMILES string of the molecule is CCOC(=O)N1CCC(N2C[C@H]3CC[C@@H](C2)C3N)C1. The zero-order chi connectivity index (χ0) is 13.4. The number of carbonyl (C=O) groups is 1. The first-order valence-electron chi connectivity index (χ1n) is 7.60. The zero-order valence-corrected chi connectivity index (χ0v) is 11.8. The molecule has 3 fully saturated rings. The van der Waals surface area contributed by atoms with Gasteiger partial charge in [0.05, 0.1) is 6.61 Å². The Labute approximate surface area is 115 Å². The molecule has 3 rings (SSSR count). The van der Waals surface area contributed by atoms with Crippen LogP contribution in [-0.4, -0.2) is 60.8 Å². The molecule has 2 saturated heterocycles. The fraction of sp³-hybridized carbons (Fsp3) is 0.929. The van der Waals surface area contributed by atoms with Gasteiger partial charge >= 0.3 is 6.09 Å². The van der Waals surface area contributed by atoms with Gasteiger partial charge < -0.3 is 15.4 Å². The highest BCUT2D eigenvalue weighted by molar-refractivity contribution is 5.68. The number of hydrogen-bond donors (Lipinski definition) is 1. The molecule has 5 heteroatoms. The van der Waals surface area contributed by atoms with Crippen LogP contribution in [0.4, 0.5) is 4.79 Å². The van der Waals surface area contributed by atoms with Gasteiger partial charge in [0.2, 0.25) is 0 Å². The summed E-state index contributed by atoms with van der Waals surface area (Å²) in [6.07, 6.45) is 3.50. The Balaban J connectivity index is 1.56. The monoisotopic (exact) mass is 267 g/mol. The second-order valence-corrected chi connectivity index (χ2v) is 6.22. The third kappa shape index (κ3) is 2.46. The van der Waals surface area contributed by atoms with Crippen LogP contribution in [-0.2, 0) is 4.74 Å². The molecule has 2 N–H and O–H groups in total. The summed E-state index contributed by atoms with van der Waals surface area (Å²) in [7, 11) is 0. The molecule has 19 heavy (non-hydrogen) atoms. The van der Waals surface area contributed by atoms with Crippen LogP contribution in [0.1, 0.15) is 26.2 Å². The lowest BCUT2D eigenvalue weighted by molar-refractivity contribution is 0.0925. The van der Waals surface area contributed by atoms with Crippen LogP contribution in [0.5, 0.6) is 0 Å². The van der Waals surface area contributed by atoms with E-state index in [9.17, 15) is 4.79 Å². The number of carbonyl (C=O) groups excluding carboxylic acids is 1. The van der Waals surface area contributed by atoms with Gasteiger partial charge in [-0.1, -0.05) is 0 Å². The van der Waals surface area contributed by atoms with E-state index in [1.165, 1.54) is 12.8 Å². The highest BCUT2D eigenvalue weighted by Gasteiger charge is 2.43. The normalized spacial score (nSPS) is 38.7. The van der Waals surface area contributed by atoms with Crippen molar-refractivity contribution < 1.29 is 9.53 Å². The maximum absolute atomic E-state index is 11.7. The van der Waals surface area contributed by atoms with E-state index in [1.807, 2.05) is 11.8 Å². The number of piperidine rings is 1. The van der Waals surface area contributed by atoms with Crippen LogP contribution in [0.3, 0.4) is 0 Å². The van der Waals surface area contributed by atoms with E-state index in [0.717, 1.165) is 32.6 Å². The number of amides is 1. The van der Waals surface area contributed by atoms with Gasteiger partial charge in [0.1, 0.15) is 0 Å². The molecular formula is C14H25N3O2. The summed E-state index contributed by atoms with van der Waals surface area (Å²) in [5.41, 5.74) is 6.25. The van der Waals surface area contributed by atoms with Crippen molar-refractivity contribution in [3.63, 3.8) is 0 Å². The number of hydrogen-bond acceptors (Lipinski definition) is 4. The molecule has 5 nitrogen and oxygen atoms in total. The number of ether oxygens (including phenoxy) is 1. The molecule has 3 aliphatic rings. The predicted octanol–water partition coefficient (Wildman–Crippen LogP) is 0.886. The third-order valence-electron chi connectivity index (χ3n) is 5.14. The van der Waals surface area contributed by atoms with E-state index in [-0.39, 0.29) is 6.09 Å². The summed E-state index contributed by atoms with van der Waals surface area (Å²) in [5, 5.41) is 0. The number of likely N-dealkylation sites (tertiary alicyclic amines) is 2. The Hall–Kier alpha value is -0.810.